The molecule has 10 aromatic rings. The van der Waals surface area contributed by atoms with Crippen LogP contribution in [0.25, 0.3) is 93.4 Å². The summed E-state index contributed by atoms with van der Waals surface area (Å²) in [4.78, 5) is 26.8. The fraction of sp³-hybridized carbons (Fsp3) is 0.514. The van der Waals surface area contributed by atoms with E-state index in [1.165, 1.54) is 277 Å². The van der Waals surface area contributed by atoms with Crippen molar-refractivity contribution in [2.24, 2.45) is 0 Å². The summed E-state index contributed by atoms with van der Waals surface area (Å²) in [5.74, 6) is 0. The maximum Gasteiger partial charge on any atom is 0.132 e. The highest BCUT2D eigenvalue weighted by atomic mass is 32.1. The van der Waals surface area contributed by atoms with Gasteiger partial charge in [0.05, 0.1) is 33.2 Å². The highest BCUT2D eigenvalue weighted by Crippen LogP contribution is 2.50. The first kappa shape index (κ1) is 62.9. The molecule has 0 bridgehead atoms. The van der Waals surface area contributed by atoms with Crippen molar-refractivity contribution in [2.75, 3.05) is 0 Å². The molecule has 11 heterocycles. The number of hydrogen-bond acceptors (Lipinski definition) is 14. The fourth-order valence-corrected chi connectivity index (χ4v) is 27.8. The molecule has 0 aromatic carbocycles. The van der Waals surface area contributed by atoms with Gasteiger partial charge < -0.3 is 0 Å². The average Bonchev–Trinajstić information content (AvgIpc) is 1.69. The molecule has 0 unspecified atom stereocenters. The Morgan fingerprint density at radius 2 is 0.647 bits per heavy atom. The van der Waals surface area contributed by atoms with Crippen molar-refractivity contribution in [1.29, 1.82) is 0 Å². The van der Waals surface area contributed by atoms with E-state index in [2.05, 4.69) is 101 Å². The molecule has 0 amide bonds. The molecule has 0 fully saturated rings. The smallest absolute Gasteiger partial charge is 0.132 e. The summed E-state index contributed by atoms with van der Waals surface area (Å²) in [5, 5.41) is 3.35. The Bertz CT molecular complexity index is 3420. The van der Waals surface area contributed by atoms with Crippen molar-refractivity contribution in [3.8, 4) is 71.3 Å². The number of rotatable bonds is 38. The third kappa shape index (κ3) is 15.2. The second-order valence-electron chi connectivity index (χ2n) is 24.1. The Kier molecular flexibility index (Phi) is 23.5. The number of unbranched alkanes of at least 4 members (excludes halogenated alkanes) is 24. The van der Waals surface area contributed by atoms with Crippen molar-refractivity contribution in [2.45, 2.75) is 232 Å². The lowest BCUT2D eigenvalue weighted by Crippen LogP contribution is -2.54. The topological polar surface area (TPSA) is 77.3 Å². The summed E-state index contributed by atoms with van der Waals surface area (Å²) in [7, 11) is -2.27. The lowest BCUT2D eigenvalue weighted by atomic mass is 10.1. The summed E-state index contributed by atoms with van der Waals surface area (Å²) >= 11 is 14.2. The quantitative estimate of drug-likeness (QED) is 0.0283. The van der Waals surface area contributed by atoms with Crippen LogP contribution in [0, 0.1) is 0 Å². The molecule has 10 aromatic heterocycles. The highest BCUT2D eigenvalue weighted by Gasteiger charge is 2.48. The van der Waals surface area contributed by atoms with Gasteiger partial charge in [-0.2, -0.15) is 17.5 Å². The summed E-state index contributed by atoms with van der Waals surface area (Å²) in [6.07, 6.45) is 44.2. The molecule has 0 aliphatic carbocycles. The largest absolute Gasteiger partial charge is 0.252 e. The predicted octanol–water partition coefficient (Wildman–Crippen LogP) is 24.5. The first-order valence-electron chi connectivity index (χ1n) is 32.9. The minimum absolute atomic E-state index is 0.926. The van der Waals surface area contributed by atoms with Crippen LogP contribution >= 0.6 is 91.5 Å². The predicted molar refractivity (Wildman–Crippen MR) is 383 cm³/mol. The number of aromatic nitrogens is 6. The van der Waals surface area contributed by atoms with Crippen molar-refractivity contribution < 1.29 is 0 Å². The third-order valence-corrected chi connectivity index (χ3v) is 31.8. The number of thiophene rings is 6. The molecule has 0 saturated heterocycles. The Labute approximate surface area is 541 Å². The van der Waals surface area contributed by atoms with Crippen molar-refractivity contribution >= 4 is 132 Å². The van der Waals surface area contributed by atoms with Gasteiger partial charge in [-0.3, -0.25) is 9.97 Å². The molecule has 0 atom stereocenters. The monoisotopic (exact) mass is 1300 g/mol. The molecule has 450 valence electrons. The van der Waals surface area contributed by atoms with E-state index in [1.54, 1.807) is 10.4 Å². The first-order valence-corrected chi connectivity index (χ1v) is 41.7. The van der Waals surface area contributed by atoms with E-state index in [-0.39, 0.29) is 0 Å². The first-order chi connectivity index (χ1) is 42.0. The summed E-state index contributed by atoms with van der Waals surface area (Å²) < 4.78 is 20.2. The Balaban J connectivity index is 0.909. The maximum absolute atomic E-state index is 5.32. The van der Waals surface area contributed by atoms with Gasteiger partial charge in [-0.05, 0) is 109 Å². The molecule has 0 saturated carbocycles. The summed E-state index contributed by atoms with van der Waals surface area (Å²) in [5.41, 5.74) is 7.98. The Hall–Kier alpha value is -3.64. The summed E-state index contributed by atoms with van der Waals surface area (Å²) in [6.45, 7) is 9.22. The minimum Gasteiger partial charge on any atom is -0.252 e. The molecular formula is C70H88N6S8Si. The van der Waals surface area contributed by atoms with E-state index in [9.17, 15) is 0 Å². The zero-order valence-electron chi connectivity index (χ0n) is 51.0. The standard InChI is InChI=1S/C70H88N6S8Si/c1-5-9-13-17-19-21-23-25-27-31-43-85(44-32-28-26-24-22-20-18-14-10-6-2)61-45-59(51-47-71-65(67-63(51)73-83-75-67)57-41-39-55(79-57)53-37-35-49(77-53)33-29-15-11-7-3)81-69(61)70-62(85)46-60(82-70)52-48-72-66(68-64(52)74-84-76-68)58-42-40-56(80-58)54-38-36-50(78-54)34-30-16-12-8-4/h35-42,45-48H,5-34,43-44H2,1-4H3. The average molecular weight is 1300 g/mol. The number of aryl methyl sites for hydroxylation is 2. The molecule has 0 radical (unpaired) electrons. The molecule has 6 nitrogen and oxygen atoms in total. The molecule has 11 rings (SSSR count). The van der Waals surface area contributed by atoms with Gasteiger partial charge in [0.2, 0.25) is 0 Å². The van der Waals surface area contributed by atoms with Crippen molar-refractivity contribution in [1.82, 2.24) is 27.5 Å². The molecular weight excluding hydrogens is 1210 g/mol. The van der Waals surface area contributed by atoms with E-state index < -0.39 is 8.07 Å². The molecule has 15 heteroatoms. The SMILES string of the molecule is CCCCCCCCCCCC[Si]1(CCCCCCCCCCCC)c2cc(-c3cnc(-c4ccc(-c5ccc(CCCCCC)s5)s4)c4nsnc34)sc2-c2sc(-c3cnc(-c4ccc(-c5ccc(CCCCCC)s5)s4)c4nsnc34)cc21. The number of pyridine rings is 2. The van der Waals surface area contributed by atoms with Gasteiger partial charge in [-0.1, -0.05) is 195 Å². The zero-order valence-corrected chi connectivity index (χ0v) is 58.5. The lowest BCUT2D eigenvalue weighted by Gasteiger charge is -2.29. The van der Waals surface area contributed by atoms with Crippen LogP contribution in [0.4, 0.5) is 0 Å². The van der Waals surface area contributed by atoms with Crippen molar-refractivity contribution in [3.05, 3.63) is 82.8 Å². The minimum atomic E-state index is -2.27. The lowest BCUT2D eigenvalue weighted by molar-refractivity contribution is 0.559. The van der Waals surface area contributed by atoms with Crippen LogP contribution in [-0.4, -0.2) is 35.5 Å². The van der Waals surface area contributed by atoms with Crippen LogP contribution in [-0.2, 0) is 12.8 Å². The third-order valence-electron chi connectivity index (χ3n) is 17.8. The van der Waals surface area contributed by atoms with Crippen LogP contribution in [0.2, 0.25) is 12.1 Å². The van der Waals surface area contributed by atoms with Gasteiger partial charge in [-0.25, -0.2) is 0 Å². The maximum atomic E-state index is 5.32. The normalized spacial score (nSPS) is 12.9. The van der Waals surface area contributed by atoms with Gasteiger partial charge in [0.1, 0.15) is 41.5 Å². The molecule has 0 spiro atoms. The van der Waals surface area contributed by atoms with E-state index in [0.717, 1.165) is 54.3 Å². The van der Waals surface area contributed by atoms with E-state index >= 15 is 0 Å². The second-order valence-corrected chi connectivity index (χ2v) is 36.0. The van der Waals surface area contributed by atoms with Gasteiger partial charge in [0.15, 0.2) is 0 Å². The second kappa shape index (κ2) is 31.7. The number of nitrogens with zero attached hydrogens (tertiary/aromatic N) is 6. The summed E-state index contributed by atoms with van der Waals surface area (Å²) in [6, 6.07) is 26.3. The fourth-order valence-electron chi connectivity index (χ4n) is 12.9. The van der Waals surface area contributed by atoms with Crippen LogP contribution in [0.1, 0.15) is 217 Å². The van der Waals surface area contributed by atoms with Crippen LogP contribution in [0.5, 0.6) is 0 Å². The van der Waals surface area contributed by atoms with Crippen LogP contribution < -0.4 is 10.4 Å². The molecule has 1 aliphatic heterocycles. The molecule has 0 N–H and O–H groups in total. The van der Waals surface area contributed by atoms with E-state index in [0.29, 0.717) is 0 Å². The van der Waals surface area contributed by atoms with E-state index in [1.807, 2.05) is 68.0 Å². The van der Waals surface area contributed by atoms with Gasteiger partial charge in [0, 0.05) is 72.3 Å². The molecule has 1 aliphatic rings. The number of hydrogen-bond donors (Lipinski definition) is 0. The van der Waals surface area contributed by atoms with Gasteiger partial charge in [0.25, 0.3) is 0 Å². The van der Waals surface area contributed by atoms with Crippen molar-refractivity contribution in [3.63, 3.8) is 0 Å². The highest BCUT2D eigenvalue weighted by molar-refractivity contribution is 7.32. The Morgan fingerprint density at radius 3 is 1.05 bits per heavy atom. The molecule has 85 heavy (non-hydrogen) atoms. The Morgan fingerprint density at radius 1 is 0.318 bits per heavy atom. The van der Waals surface area contributed by atoms with Gasteiger partial charge in [-0.15, -0.1) is 68.0 Å². The number of fused-ring (bicyclic) bond motifs is 5. The zero-order chi connectivity index (χ0) is 58.2. The van der Waals surface area contributed by atoms with Crippen LogP contribution in [0.3, 0.4) is 0 Å². The van der Waals surface area contributed by atoms with Gasteiger partial charge >= 0.3 is 0 Å². The van der Waals surface area contributed by atoms with Crippen LogP contribution in [0.15, 0.2) is 73.1 Å². The van der Waals surface area contributed by atoms with E-state index in [4.69, 9.17) is 27.5 Å².